The molecule has 0 spiro atoms. The number of carbonyl (C=O) groups is 1. The Hall–Kier alpha value is -2.33. The first-order chi connectivity index (χ1) is 11.0. The second-order valence-corrected chi connectivity index (χ2v) is 6.11. The van der Waals surface area contributed by atoms with Crippen molar-refractivity contribution >= 4 is 11.6 Å². The fourth-order valence-corrected chi connectivity index (χ4v) is 2.48. The summed E-state index contributed by atoms with van der Waals surface area (Å²) in [7, 11) is 4.05. The van der Waals surface area contributed by atoms with Crippen LogP contribution in [0.1, 0.15) is 22.7 Å². The lowest BCUT2D eigenvalue weighted by Gasteiger charge is -2.25. The summed E-state index contributed by atoms with van der Waals surface area (Å²) < 4.78 is 0. The van der Waals surface area contributed by atoms with Crippen molar-refractivity contribution < 1.29 is 4.79 Å². The molecule has 0 saturated carbocycles. The number of amides is 1. The highest BCUT2D eigenvalue weighted by atomic mass is 16.1. The van der Waals surface area contributed by atoms with Gasteiger partial charge in [-0.25, -0.2) is 0 Å². The number of hydrogen-bond acceptors (Lipinski definition) is 3. The number of anilines is 1. The summed E-state index contributed by atoms with van der Waals surface area (Å²) in [6.07, 6.45) is 0.369. The summed E-state index contributed by atoms with van der Waals surface area (Å²) in [5.74, 6) is 0.0220. The van der Waals surface area contributed by atoms with E-state index in [-0.39, 0.29) is 11.9 Å². The first-order valence-electron chi connectivity index (χ1n) is 7.80. The van der Waals surface area contributed by atoms with Gasteiger partial charge in [-0.3, -0.25) is 4.79 Å². The first kappa shape index (κ1) is 17.0. The Labute approximate surface area is 138 Å². The number of rotatable bonds is 6. The number of nitrogen functional groups attached to an aromatic ring is 1. The molecule has 0 heterocycles. The highest BCUT2D eigenvalue weighted by Gasteiger charge is 2.15. The number of likely N-dealkylation sites (N-methyl/N-ethyl adjacent to an activating group) is 1. The molecule has 4 heteroatoms. The van der Waals surface area contributed by atoms with Crippen molar-refractivity contribution in [2.24, 2.45) is 0 Å². The molecule has 1 atom stereocenters. The lowest BCUT2D eigenvalue weighted by molar-refractivity contribution is -0.120. The van der Waals surface area contributed by atoms with Gasteiger partial charge >= 0.3 is 0 Å². The topological polar surface area (TPSA) is 58.4 Å². The molecule has 1 amide bonds. The number of nitrogens with one attached hydrogen (secondary N) is 1. The van der Waals surface area contributed by atoms with Crippen molar-refractivity contribution in [2.45, 2.75) is 19.4 Å². The molecular weight excluding hydrogens is 286 g/mol. The maximum Gasteiger partial charge on any atom is 0.224 e. The van der Waals surface area contributed by atoms with Crippen LogP contribution < -0.4 is 11.1 Å². The third-order valence-electron chi connectivity index (χ3n) is 3.92. The predicted molar refractivity (Wildman–Crippen MR) is 95.2 cm³/mol. The van der Waals surface area contributed by atoms with Crippen LogP contribution in [0.2, 0.25) is 0 Å². The largest absolute Gasteiger partial charge is 0.399 e. The summed E-state index contributed by atoms with van der Waals surface area (Å²) in [5.41, 5.74) is 9.77. The monoisotopic (exact) mass is 311 g/mol. The smallest absolute Gasteiger partial charge is 0.224 e. The van der Waals surface area contributed by atoms with Gasteiger partial charge in [0.05, 0.1) is 12.5 Å². The SMILES string of the molecule is Cc1ccc(C(CNC(=O)Cc2ccc(N)cc2)N(C)C)cc1. The molecule has 0 radical (unpaired) electrons. The van der Waals surface area contributed by atoms with Gasteiger partial charge in [0.2, 0.25) is 5.91 Å². The Morgan fingerprint density at radius 2 is 1.70 bits per heavy atom. The van der Waals surface area contributed by atoms with Crippen molar-refractivity contribution in [3.05, 3.63) is 65.2 Å². The van der Waals surface area contributed by atoms with Gasteiger partial charge in [-0.15, -0.1) is 0 Å². The summed E-state index contributed by atoms with van der Waals surface area (Å²) in [6, 6.07) is 16.0. The van der Waals surface area contributed by atoms with E-state index < -0.39 is 0 Å². The van der Waals surface area contributed by atoms with Crippen LogP contribution in [0, 0.1) is 6.92 Å². The van der Waals surface area contributed by atoms with Gasteiger partial charge in [-0.2, -0.15) is 0 Å². The second-order valence-electron chi connectivity index (χ2n) is 6.11. The Kier molecular flexibility index (Phi) is 5.77. The molecule has 0 aliphatic rings. The van der Waals surface area contributed by atoms with E-state index in [1.54, 1.807) is 0 Å². The minimum Gasteiger partial charge on any atom is -0.399 e. The number of hydrogen-bond donors (Lipinski definition) is 2. The van der Waals surface area contributed by atoms with Crippen LogP contribution in [-0.2, 0) is 11.2 Å². The number of benzene rings is 2. The predicted octanol–water partition coefficient (Wildman–Crippen LogP) is 2.54. The Bertz CT molecular complexity index is 633. The van der Waals surface area contributed by atoms with Crippen molar-refractivity contribution in [3.8, 4) is 0 Å². The third-order valence-corrected chi connectivity index (χ3v) is 3.92. The van der Waals surface area contributed by atoms with E-state index in [0.29, 0.717) is 18.7 Å². The first-order valence-corrected chi connectivity index (χ1v) is 7.80. The van der Waals surface area contributed by atoms with E-state index >= 15 is 0 Å². The molecule has 0 aliphatic heterocycles. The van der Waals surface area contributed by atoms with Crippen molar-refractivity contribution in [1.82, 2.24) is 10.2 Å². The molecule has 2 aromatic carbocycles. The van der Waals surface area contributed by atoms with Crippen molar-refractivity contribution in [1.29, 1.82) is 0 Å². The number of carbonyl (C=O) groups excluding carboxylic acids is 1. The fourth-order valence-electron chi connectivity index (χ4n) is 2.48. The molecule has 0 fully saturated rings. The van der Waals surface area contributed by atoms with E-state index in [1.165, 1.54) is 11.1 Å². The van der Waals surface area contributed by atoms with Crippen LogP contribution in [0.25, 0.3) is 0 Å². The van der Waals surface area contributed by atoms with Crippen molar-refractivity contribution in [3.63, 3.8) is 0 Å². The van der Waals surface area contributed by atoms with E-state index in [2.05, 4.69) is 41.4 Å². The molecule has 2 aromatic rings. The average Bonchev–Trinajstić information content (AvgIpc) is 2.51. The standard InChI is InChI=1S/C19H25N3O/c1-14-4-8-16(9-5-14)18(22(2)3)13-21-19(23)12-15-6-10-17(20)11-7-15/h4-11,18H,12-13,20H2,1-3H3,(H,21,23). The molecule has 122 valence electrons. The fraction of sp³-hybridized carbons (Fsp3) is 0.316. The summed E-state index contributed by atoms with van der Waals surface area (Å²) in [4.78, 5) is 14.3. The molecule has 23 heavy (non-hydrogen) atoms. The summed E-state index contributed by atoms with van der Waals surface area (Å²) >= 11 is 0. The summed E-state index contributed by atoms with van der Waals surface area (Å²) in [6.45, 7) is 2.66. The van der Waals surface area contributed by atoms with Crippen molar-refractivity contribution in [2.75, 3.05) is 26.4 Å². The van der Waals surface area contributed by atoms with E-state index in [0.717, 1.165) is 5.56 Å². The number of nitrogens with two attached hydrogens (primary N) is 1. The van der Waals surface area contributed by atoms with Gasteiger partial charge in [0.15, 0.2) is 0 Å². The lowest BCUT2D eigenvalue weighted by Crippen LogP contribution is -2.35. The molecule has 2 rings (SSSR count). The third kappa shape index (κ3) is 5.11. The maximum absolute atomic E-state index is 12.1. The molecule has 0 aromatic heterocycles. The number of nitrogens with zero attached hydrogens (tertiary/aromatic N) is 1. The molecule has 0 saturated heterocycles. The van der Waals surface area contributed by atoms with Crippen LogP contribution >= 0.6 is 0 Å². The zero-order valence-corrected chi connectivity index (χ0v) is 14.0. The van der Waals surface area contributed by atoms with Gasteiger partial charge in [0.25, 0.3) is 0 Å². The maximum atomic E-state index is 12.1. The highest BCUT2D eigenvalue weighted by molar-refractivity contribution is 5.78. The number of aryl methyl sites for hydroxylation is 1. The van der Waals surface area contributed by atoms with Gasteiger partial charge in [0.1, 0.15) is 0 Å². The Balaban J connectivity index is 1.94. The van der Waals surface area contributed by atoms with Crippen LogP contribution in [-0.4, -0.2) is 31.4 Å². The van der Waals surface area contributed by atoms with Crippen LogP contribution in [0.4, 0.5) is 5.69 Å². The van der Waals surface area contributed by atoms with E-state index in [9.17, 15) is 4.79 Å². The van der Waals surface area contributed by atoms with Crippen LogP contribution in [0.5, 0.6) is 0 Å². The summed E-state index contributed by atoms with van der Waals surface area (Å²) in [5, 5.41) is 3.03. The van der Waals surface area contributed by atoms with Crippen LogP contribution in [0.15, 0.2) is 48.5 Å². The molecule has 0 bridgehead atoms. The minimum atomic E-state index is 0.0220. The molecule has 3 N–H and O–H groups in total. The molecule has 4 nitrogen and oxygen atoms in total. The Morgan fingerprint density at radius 1 is 1.09 bits per heavy atom. The zero-order valence-electron chi connectivity index (χ0n) is 14.0. The van der Waals surface area contributed by atoms with E-state index in [4.69, 9.17) is 5.73 Å². The van der Waals surface area contributed by atoms with Gasteiger partial charge in [-0.1, -0.05) is 42.0 Å². The Morgan fingerprint density at radius 3 is 2.26 bits per heavy atom. The normalized spacial score (nSPS) is 12.2. The average molecular weight is 311 g/mol. The lowest BCUT2D eigenvalue weighted by atomic mass is 10.0. The van der Waals surface area contributed by atoms with Gasteiger partial charge in [-0.05, 0) is 44.3 Å². The molecule has 1 unspecified atom stereocenters. The van der Waals surface area contributed by atoms with Crippen LogP contribution in [0.3, 0.4) is 0 Å². The van der Waals surface area contributed by atoms with E-state index in [1.807, 2.05) is 38.4 Å². The van der Waals surface area contributed by atoms with Gasteiger partial charge < -0.3 is 16.0 Å². The molecular formula is C19H25N3O. The zero-order chi connectivity index (χ0) is 16.8. The second kappa shape index (κ2) is 7.79. The molecule has 0 aliphatic carbocycles. The quantitative estimate of drug-likeness (QED) is 0.806. The highest BCUT2D eigenvalue weighted by Crippen LogP contribution is 2.18. The van der Waals surface area contributed by atoms with Gasteiger partial charge in [0, 0.05) is 12.2 Å². The minimum absolute atomic E-state index is 0.0220.